The van der Waals surface area contributed by atoms with Crippen LogP contribution in [-0.2, 0) is 14.8 Å². The third-order valence-corrected chi connectivity index (χ3v) is 7.35. The number of fused-ring (bicyclic) bond motifs is 3. The molecule has 0 aliphatic carbocycles. The average Bonchev–Trinajstić information content (AvgIpc) is 3.37. The second-order valence-electron chi connectivity index (χ2n) is 7.46. The Bertz CT molecular complexity index is 1370. The van der Waals surface area contributed by atoms with Crippen LogP contribution in [0.5, 0.6) is 0 Å². The maximum Gasteiger partial charge on any atom is 0.338 e. The van der Waals surface area contributed by atoms with Crippen LogP contribution in [0.25, 0.3) is 11.5 Å². The molecule has 2 aromatic carbocycles. The molecule has 5 rings (SSSR count). The Hall–Kier alpha value is -3.18. The Kier molecular flexibility index (Phi) is 5.01. The van der Waals surface area contributed by atoms with Crippen LogP contribution in [-0.4, -0.2) is 42.0 Å². The summed E-state index contributed by atoms with van der Waals surface area (Å²) >= 11 is 1.22. The van der Waals surface area contributed by atoms with Gasteiger partial charge in [-0.3, -0.25) is 0 Å². The number of carbonyl (C=O) groups is 1. The number of thioether (sulfide) groups is 1. The summed E-state index contributed by atoms with van der Waals surface area (Å²) in [5.41, 5.74) is 3.02. The smallest absolute Gasteiger partial charge is 0.338 e. The van der Waals surface area contributed by atoms with E-state index in [4.69, 9.17) is 9.15 Å². The first-order valence-corrected chi connectivity index (χ1v) is 12.3. The molecule has 0 unspecified atom stereocenters. The maximum absolute atomic E-state index is 12.7. The number of aryl methyl sites for hydroxylation is 1. The molecule has 0 spiro atoms. The van der Waals surface area contributed by atoms with Crippen molar-refractivity contribution in [1.82, 2.24) is 10.2 Å². The van der Waals surface area contributed by atoms with Gasteiger partial charge in [0, 0.05) is 17.0 Å². The summed E-state index contributed by atoms with van der Waals surface area (Å²) in [4.78, 5) is 15.3. The molecule has 1 atom stereocenters. The summed E-state index contributed by atoms with van der Waals surface area (Å²) < 4.78 is 38.6. The highest BCUT2D eigenvalue weighted by atomic mass is 32.2. The Labute approximate surface area is 188 Å². The van der Waals surface area contributed by atoms with Crippen molar-refractivity contribution in [3.63, 3.8) is 0 Å². The lowest BCUT2D eigenvalue weighted by Gasteiger charge is -2.22. The van der Waals surface area contributed by atoms with Crippen LogP contribution >= 0.6 is 11.8 Å². The standard InChI is InChI=1S/C21H18N4O5S2/c1-12-4-3-5-14(10-12)19-23-22-18(30-19)13(2)29-20(26)15-6-7-16-17(11-15)31-21-24-32(27,28)9-8-25(16)21/h3-7,10-11,13H,8-9H2,1-2H3/t13-/m0/s1. The zero-order chi connectivity index (χ0) is 22.5. The molecule has 164 valence electrons. The summed E-state index contributed by atoms with van der Waals surface area (Å²) in [6.07, 6.45) is -0.740. The van der Waals surface area contributed by atoms with Gasteiger partial charge in [0.05, 0.1) is 17.0 Å². The van der Waals surface area contributed by atoms with Crippen LogP contribution in [0.3, 0.4) is 0 Å². The molecular formula is C21H18N4O5S2. The van der Waals surface area contributed by atoms with Crippen molar-refractivity contribution >= 4 is 38.6 Å². The molecular weight excluding hydrogens is 452 g/mol. The van der Waals surface area contributed by atoms with Gasteiger partial charge >= 0.3 is 5.97 Å². The first-order valence-electron chi connectivity index (χ1n) is 9.82. The topological polar surface area (TPSA) is 115 Å². The van der Waals surface area contributed by atoms with Gasteiger partial charge in [0.1, 0.15) is 0 Å². The summed E-state index contributed by atoms with van der Waals surface area (Å²) in [6, 6.07) is 12.8. The Morgan fingerprint density at radius 2 is 2.06 bits per heavy atom. The minimum Gasteiger partial charge on any atom is -0.449 e. The summed E-state index contributed by atoms with van der Waals surface area (Å²) in [5.74, 6) is -0.0300. The predicted molar refractivity (Wildman–Crippen MR) is 119 cm³/mol. The van der Waals surface area contributed by atoms with Gasteiger partial charge in [0.25, 0.3) is 15.9 Å². The molecule has 0 bridgehead atoms. The quantitative estimate of drug-likeness (QED) is 0.528. The van der Waals surface area contributed by atoms with Gasteiger partial charge in [-0.05, 0) is 55.9 Å². The van der Waals surface area contributed by atoms with Crippen LogP contribution in [0.1, 0.15) is 34.8 Å². The van der Waals surface area contributed by atoms with E-state index >= 15 is 0 Å². The number of aromatic nitrogens is 2. The van der Waals surface area contributed by atoms with Crippen molar-refractivity contribution in [3.05, 3.63) is 59.5 Å². The fourth-order valence-electron chi connectivity index (χ4n) is 3.43. The van der Waals surface area contributed by atoms with Crippen LogP contribution in [0.2, 0.25) is 0 Å². The maximum atomic E-state index is 12.7. The van der Waals surface area contributed by atoms with Crippen LogP contribution in [0.15, 0.2) is 56.2 Å². The lowest BCUT2D eigenvalue weighted by Crippen LogP contribution is -2.35. The highest BCUT2D eigenvalue weighted by molar-refractivity contribution is 8.15. The van der Waals surface area contributed by atoms with Crippen molar-refractivity contribution in [3.8, 4) is 11.5 Å². The number of carbonyl (C=O) groups excluding carboxylic acids is 1. The van der Waals surface area contributed by atoms with Gasteiger partial charge in [-0.15, -0.1) is 14.6 Å². The van der Waals surface area contributed by atoms with Gasteiger partial charge in [-0.1, -0.05) is 17.7 Å². The van der Waals surface area contributed by atoms with E-state index in [0.29, 0.717) is 23.2 Å². The molecule has 3 heterocycles. The molecule has 9 nitrogen and oxygen atoms in total. The van der Waals surface area contributed by atoms with Gasteiger partial charge in [-0.25, -0.2) is 13.2 Å². The number of benzene rings is 2. The number of amidine groups is 1. The summed E-state index contributed by atoms with van der Waals surface area (Å²) in [5, 5.41) is 8.46. The zero-order valence-electron chi connectivity index (χ0n) is 17.2. The minimum atomic E-state index is -3.44. The highest BCUT2D eigenvalue weighted by Gasteiger charge is 2.33. The van der Waals surface area contributed by atoms with Crippen LogP contribution in [0.4, 0.5) is 5.69 Å². The Morgan fingerprint density at radius 1 is 1.22 bits per heavy atom. The predicted octanol–water partition coefficient (Wildman–Crippen LogP) is 3.57. The van der Waals surface area contributed by atoms with Gasteiger partial charge in [-0.2, -0.15) is 0 Å². The first kappa shape index (κ1) is 20.7. The Balaban J connectivity index is 1.31. The van der Waals surface area contributed by atoms with Crippen LogP contribution in [0, 0.1) is 6.92 Å². The van der Waals surface area contributed by atoms with Gasteiger partial charge < -0.3 is 14.1 Å². The molecule has 3 aromatic rings. The first-order chi connectivity index (χ1) is 15.3. The van der Waals surface area contributed by atoms with E-state index in [1.54, 1.807) is 25.1 Å². The van der Waals surface area contributed by atoms with Crippen molar-refractivity contribution in [2.24, 2.45) is 4.40 Å². The van der Waals surface area contributed by atoms with Crippen molar-refractivity contribution < 1.29 is 22.4 Å². The molecule has 0 saturated carbocycles. The fraction of sp³-hybridized carbons (Fsp3) is 0.238. The molecule has 2 aliphatic heterocycles. The third-order valence-electron chi connectivity index (χ3n) is 5.05. The van der Waals surface area contributed by atoms with E-state index in [0.717, 1.165) is 21.7 Å². The van der Waals surface area contributed by atoms with E-state index in [1.807, 2.05) is 36.1 Å². The number of nitrogens with zero attached hydrogens (tertiary/aromatic N) is 4. The number of anilines is 1. The average molecular weight is 471 g/mol. The summed E-state index contributed by atoms with van der Waals surface area (Å²) in [7, 11) is -3.44. The minimum absolute atomic E-state index is 0.0352. The summed E-state index contributed by atoms with van der Waals surface area (Å²) in [6.45, 7) is 3.97. The second-order valence-corrected chi connectivity index (χ2v) is 10.2. The number of rotatable bonds is 4. The molecule has 0 fully saturated rings. The number of ether oxygens (including phenoxy) is 1. The van der Waals surface area contributed by atoms with Crippen molar-refractivity contribution in [2.75, 3.05) is 17.2 Å². The van der Waals surface area contributed by atoms with E-state index in [2.05, 4.69) is 14.6 Å². The third kappa shape index (κ3) is 3.89. The fourth-order valence-corrected chi connectivity index (χ4v) is 5.73. The molecule has 0 amide bonds. The number of esters is 1. The molecule has 11 heteroatoms. The lowest BCUT2D eigenvalue weighted by atomic mass is 10.1. The van der Waals surface area contributed by atoms with E-state index in [-0.39, 0.29) is 11.6 Å². The van der Waals surface area contributed by atoms with Gasteiger partial charge in [0.2, 0.25) is 5.89 Å². The van der Waals surface area contributed by atoms with E-state index < -0.39 is 22.1 Å². The largest absolute Gasteiger partial charge is 0.449 e. The number of hydrogen-bond donors (Lipinski definition) is 0. The second kappa shape index (κ2) is 7.75. The van der Waals surface area contributed by atoms with E-state index in [1.165, 1.54) is 11.8 Å². The zero-order valence-corrected chi connectivity index (χ0v) is 18.8. The SMILES string of the molecule is Cc1cccc(-c2nnc([C@H](C)OC(=O)c3ccc4c(c3)SC3=NS(=O)(=O)CCN34)o2)c1. The number of hydrogen-bond acceptors (Lipinski definition) is 9. The monoisotopic (exact) mass is 470 g/mol. The Morgan fingerprint density at radius 3 is 2.88 bits per heavy atom. The van der Waals surface area contributed by atoms with Gasteiger partial charge in [0.15, 0.2) is 11.3 Å². The lowest BCUT2D eigenvalue weighted by molar-refractivity contribution is 0.0279. The van der Waals surface area contributed by atoms with Crippen molar-refractivity contribution in [2.45, 2.75) is 24.8 Å². The van der Waals surface area contributed by atoms with Crippen molar-refractivity contribution in [1.29, 1.82) is 0 Å². The van der Waals surface area contributed by atoms with E-state index in [9.17, 15) is 13.2 Å². The molecule has 0 N–H and O–H groups in total. The molecule has 1 aromatic heterocycles. The molecule has 2 aliphatic rings. The normalized spacial score (nSPS) is 17.3. The van der Waals surface area contributed by atoms with Crippen LogP contribution < -0.4 is 4.90 Å². The highest BCUT2D eigenvalue weighted by Crippen LogP contribution is 2.42. The number of sulfonamides is 1. The molecule has 0 radical (unpaired) electrons. The molecule has 0 saturated heterocycles. The molecule has 32 heavy (non-hydrogen) atoms.